The van der Waals surface area contributed by atoms with Crippen molar-refractivity contribution in [3.8, 4) is 5.69 Å². The zero-order valence-electron chi connectivity index (χ0n) is 15.5. The first kappa shape index (κ1) is 18.8. The van der Waals surface area contributed by atoms with Crippen LogP contribution in [0.3, 0.4) is 0 Å². The molecule has 6 heteroatoms. The monoisotopic (exact) mass is 369 g/mol. The van der Waals surface area contributed by atoms with E-state index in [0.29, 0.717) is 22.6 Å². The Bertz CT molecular complexity index is 981. The molecule has 1 amide bonds. The minimum atomic E-state index is -0.376. The lowest BCUT2D eigenvalue weighted by Crippen LogP contribution is -2.28. The predicted octanol–water partition coefficient (Wildman–Crippen LogP) is 4.19. The number of aryl methyl sites for hydroxylation is 1. The van der Waals surface area contributed by atoms with E-state index in [4.69, 9.17) is 0 Å². The van der Waals surface area contributed by atoms with Crippen molar-refractivity contribution in [3.63, 3.8) is 0 Å². The summed E-state index contributed by atoms with van der Waals surface area (Å²) in [4.78, 5) is 12.5. The van der Waals surface area contributed by atoms with Crippen LogP contribution in [-0.4, -0.2) is 15.7 Å². The van der Waals surface area contributed by atoms with Crippen LogP contribution in [0.5, 0.6) is 0 Å². The Balaban J connectivity index is 1.78. The van der Waals surface area contributed by atoms with Gasteiger partial charge in [0.2, 0.25) is 5.91 Å². The third-order valence-electron chi connectivity index (χ3n) is 4.59. The number of amides is 1. The highest BCUT2D eigenvalue weighted by Gasteiger charge is 2.18. The summed E-state index contributed by atoms with van der Waals surface area (Å²) < 4.78 is 29.0. The highest BCUT2D eigenvalue weighted by atomic mass is 19.1. The molecule has 140 valence electrons. The maximum absolute atomic E-state index is 14.1. The van der Waals surface area contributed by atoms with E-state index in [-0.39, 0.29) is 30.0 Å². The van der Waals surface area contributed by atoms with Crippen molar-refractivity contribution in [2.75, 3.05) is 0 Å². The van der Waals surface area contributed by atoms with Gasteiger partial charge in [0.15, 0.2) is 0 Å². The summed E-state index contributed by atoms with van der Waals surface area (Å²) >= 11 is 0. The fraction of sp³-hybridized carbons (Fsp3) is 0.238. The second-order valence-electron chi connectivity index (χ2n) is 6.53. The molecule has 0 saturated carbocycles. The van der Waals surface area contributed by atoms with Gasteiger partial charge >= 0.3 is 0 Å². The Morgan fingerprint density at radius 1 is 1.15 bits per heavy atom. The molecule has 1 atom stereocenters. The fourth-order valence-corrected chi connectivity index (χ4v) is 3.10. The topological polar surface area (TPSA) is 46.9 Å². The summed E-state index contributed by atoms with van der Waals surface area (Å²) in [5, 5.41) is 7.26. The van der Waals surface area contributed by atoms with Crippen LogP contribution in [0, 0.1) is 25.5 Å². The molecule has 27 heavy (non-hydrogen) atoms. The molecule has 1 heterocycles. The molecule has 0 saturated heterocycles. The molecule has 0 aliphatic rings. The zero-order chi connectivity index (χ0) is 19.6. The number of hydrogen-bond donors (Lipinski definition) is 1. The molecular weight excluding hydrogens is 348 g/mol. The van der Waals surface area contributed by atoms with Crippen LogP contribution in [-0.2, 0) is 11.2 Å². The summed E-state index contributed by atoms with van der Waals surface area (Å²) in [5.41, 5.74) is 3.18. The molecule has 0 spiro atoms. The van der Waals surface area contributed by atoms with E-state index in [2.05, 4.69) is 10.4 Å². The second-order valence-corrected chi connectivity index (χ2v) is 6.53. The summed E-state index contributed by atoms with van der Waals surface area (Å²) in [5.74, 6) is -0.920. The molecule has 0 radical (unpaired) electrons. The van der Waals surface area contributed by atoms with Crippen molar-refractivity contribution in [3.05, 3.63) is 82.7 Å². The van der Waals surface area contributed by atoms with E-state index in [1.165, 1.54) is 22.9 Å². The van der Waals surface area contributed by atoms with Gasteiger partial charge in [0, 0.05) is 11.3 Å². The summed E-state index contributed by atoms with van der Waals surface area (Å²) in [6.45, 7) is 5.41. The summed E-state index contributed by atoms with van der Waals surface area (Å²) in [6, 6.07) is 12.2. The first-order chi connectivity index (χ1) is 12.9. The third kappa shape index (κ3) is 4.05. The third-order valence-corrected chi connectivity index (χ3v) is 4.59. The predicted molar refractivity (Wildman–Crippen MR) is 99.7 cm³/mol. The van der Waals surface area contributed by atoms with Crippen molar-refractivity contribution >= 4 is 5.91 Å². The van der Waals surface area contributed by atoms with Crippen LogP contribution in [0.15, 0.2) is 48.5 Å². The summed E-state index contributed by atoms with van der Waals surface area (Å²) in [7, 11) is 0. The van der Waals surface area contributed by atoms with E-state index < -0.39 is 0 Å². The maximum Gasteiger partial charge on any atom is 0.225 e. The van der Waals surface area contributed by atoms with E-state index in [1.807, 2.05) is 6.92 Å². The van der Waals surface area contributed by atoms with Crippen LogP contribution >= 0.6 is 0 Å². The first-order valence-corrected chi connectivity index (χ1v) is 8.71. The summed E-state index contributed by atoms with van der Waals surface area (Å²) in [6.07, 6.45) is 0.117. The average Bonchev–Trinajstić information content (AvgIpc) is 2.90. The largest absolute Gasteiger partial charge is 0.349 e. The van der Waals surface area contributed by atoms with Gasteiger partial charge in [-0.1, -0.05) is 24.3 Å². The molecule has 1 aromatic heterocycles. The minimum absolute atomic E-state index is 0.117. The van der Waals surface area contributed by atoms with Crippen molar-refractivity contribution in [2.45, 2.75) is 33.2 Å². The number of para-hydroxylation sites is 1. The highest BCUT2D eigenvalue weighted by molar-refractivity contribution is 5.79. The van der Waals surface area contributed by atoms with Gasteiger partial charge in [-0.3, -0.25) is 4.79 Å². The molecular formula is C21H21F2N3O. The van der Waals surface area contributed by atoms with Gasteiger partial charge < -0.3 is 5.32 Å². The Kier molecular flexibility index (Phi) is 5.35. The lowest BCUT2D eigenvalue weighted by atomic mass is 10.1. The van der Waals surface area contributed by atoms with Crippen LogP contribution in [0.1, 0.15) is 35.5 Å². The molecule has 4 nitrogen and oxygen atoms in total. The Labute approximate surface area is 156 Å². The molecule has 0 aliphatic heterocycles. The zero-order valence-corrected chi connectivity index (χ0v) is 15.5. The normalized spacial score (nSPS) is 12.0. The Morgan fingerprint density at radius 2 is 1.89 bits per heavy atom. The second kappa shape index (κ2) is 7.70. The molecule has 1 unspecified atom stereocenters. The molecule has 2 aromatic carbocycles. The van der Waals surface area contributed by atoms with E-state index in [0.717, 1.165) is 5.56 Å². The van der Waals surface area contributed by atoms with Crippen molar-refractivity contribution in [1.82, 2.24) is 15.1 Å². The fourth-order valence-electron chi connectivity index (χ4n) is 3.10. The number of carbonyl (C=O) groups excluding carboxylic acids is 1. The van der Waals surface area contributed by atoms with Gasteiger partial charge in [-0.2, -0.15) is 5.10 Å². The minimum Gasteiger partial charge on any atom is -0.349 e. The van der Waals surface area contributed by atoms with Gasteiger partial charge in [-0.25, -0.2) is 13.5 Å². The van der Waals surface area contributed by atoms with Crippen molar-refractivity contribution < 1.29 is 13.6 Å². The standard InChI is InChI=1S/C21H21F2N3O/c1-13(16-7-6-8-17(22)11-16)24-21(27)12-18-14(2)25-26(15(18)3)20-10-5-4-9-19(20)23/h4-11,13H,12H2,1-3H3,(H,24,27). The molecule has 1 N–H and O–H groups in total. The van der Waals surface area contributed by atoms with Crippen LogP contribution < -0.4 is 5.32 Å². The van der Waals surface area contributed by atoms with Crippen LogP contribution in [0.2, 0.25) is 0 Å². The van der Waals surface area contributed by atoms with Gasteiger partial charge in [-0.15, -0.1) is 0 Å². The number of benzene rings is 2. The maximum atomic E-state index is 14.1. The van der Waals surface area contributed by atoms with E-state index >= 15 is 0 Å². The molecule has 3 rings (SSSR count). The number of nitrogens with zero attached hydrogens (tertiary/aromatic N) is 2. The molecule has 0 bridgehead atoms. The number of carbonyl (C=O) groups is 1. The van der Waals surface area contributed by atoms with Gasteiger partial charge in [-0.05, 0) is 50.6 Å². The lowest BCUT2D eigenvalue weighted by Gasteiger charge is -2.14. The molecule has 0 fully saturated rings. The number of aromatic nitrogens is 2. The van der Waals surface area contributed by atoms with Crippen LogP contribution in [0.25, 0.3) is 5.69 Å². The quantitative estimate of drug-likeness (QED) is 0.733. The Hall–Kier alpha value is -3.02. The van der Waals surface area contributed by atoms with Gasteiger partial charge in [0.1, 0.15) is 17.3 Å². The van der Waals surface area contributed by atoms with E-state index in [9.17, 15) is 13.6 Å². The molecule has 0 aliphatic carbocycles. The lowest BCUT2D eigenvalue weighted by molar-refractivity contribution is -0.121. The average molecular weight is 369 g/mol. The molecule has 3 aromatic rings. The smallest absolute Gasteiger partial charge is 0.225 e. The number of rotatable bonds is 5. The Morgan fingerprint density at radius 3 is 2.59 bits per heavy atom. The van der Waals surface area contributed by atoms with Crippen molar-refractivity contribution in [2.24, 2.45) is 0 Å². The van der Waals surface area contributed by atoms with Gasteiger partial charge in [0.05, 0.1) is 18.2 Å². The number of halogens is 2. The number of hydrogen-bond acceptors (Lipinski definition) is 2. The highest BCUT2D eigenvalue weighted by Crippen LogP contribution is 2.21. The number of nitrogens with one attached hydrogen (secondary N) is 1. The SMILES string of the molecule is Cc1nn(-c2ccccc2F)c(C)c1CC(=O)NC(C)c1cccc(F)c1. The van der Waals surface area contributed by atoms with Crippen molar-refractivity contribution in [1.29, 1.82) is 0 Å². The van der Waals surface area contributed by atoms with Crippen LogP contribution in [0.4, 0.5) is 8.78 Å². The van der Waals surface area contributed by atoms with Gasteiger partial charge in [0.25, 0.3) is 0 Å². The first-order valence-electron chi connectivity index (χ1n) is 8.71. The van der Waals surface area contributed by atoms with E-state index in [1.54, 1.807) is 44.2 Å².